The highest BCUT2D eigenvalue weighted by atomic mass is 16.6. The average Bonchev–Trinajstić information content (AvgIpc) is 2.76. The summed E-state index contributed by atoms with van der Waals surface area (Å²) in [5.74, 6) is 2.77. The summed E-state index contributed by atoms with van der Waals surface area (Å²) in [5.41, 5.74) is 3.02. The van der Waals surface area contributed by atoms with E-state index in [-0.39, 0.29) is 12.0 Å². The smallest absolute Gasteiger partial charge is 0.410 e. The summed E-state index contributed by atoms with van der Waals surface area (Å²) in [6, 6.07) is 8.99. The maximum atomic E-state index is 12.4. The van der Waals surface area contributed by atoms with Gasteiger partial charge in [0, 0.05) is 42.7 Å². The van der Waals surface area contributed by atoms with Gasteiger partial charge in [0.05, 0.1) is 12.6 Å². The number of hydrogen-bond donors (Lipinski definition) is 0. The quantitative estimate of drug-likeness (QED) is 0.625. The van der Waals surface area contributed by atoms with Crippen LogP contribution in [-0.2, 0) is 4.74 Å². The molecule has 0 N–H and O–H groups in total. The molecule has 4 saturated heterocycles. The predicted octanol–water partition coefficient (Wildman–Crippen LogP) is 5.37. The van der Waals surface area contributed by atoms with E-state index in [1.165, 1.54) is 43.3 Å². The largest absolute Gasteiger partial charge is 0.497 e. The van der Waals surface area contributed by atoms with Crippen molar-refractivity contribution in [3.63, 3.8) is 0 Å². The summed E-state index contributed by atoms with van der Waals surface area (Å²) in [4.78, 5) is 21.9. The molecule has 33 heavy (non-hydrogen) atoms. The first-order valence-electron chi connectivity index (χ1n) is 12.5. The van der Waals surface area contributed by atoms with Gasteiger partial charge in [-0.3, -0.25) is 9.88 Å². The molecule has 6 nitrogen and oxygen atoms in total. The fourth-order valence-electron chi connectivity index (χ4n) is 5.93. The lowest BCUT2D eigenvalue weighted by atomic mass is 9.72. The second-order valence-electron chi connectivity index (χ2n) is 11.1. The first-order valence-corrected chi connectivity index (χ1v) is 12.5. The van der Waals surface area contributed by atoms with Gasteiger partial charge in [0.1, 0.15) is 11.4 Å². The van der Waals surface area contributed by atoms with Crippen molar-refractivity contribution in [1.82, 2.24) is 14.8 Å². The third kappa shape index (κ3) is 4.30. The van der Waals surface area contributed by atoms with E-state index in [9.17, 15) is 4.79 Å². The van der Waals surface area contributed by atoms with E-state index in [0.29, 0.717) is 19.1 Å². The molecule has 0 aliphatic carbocycles. The lowest BCUT2D eigenvalue weighted by Crippen LogP contribution is -2.50. The molecule has 1 aromatic heterocycles. The second-order valence-corrected chi connectivity index (χ2v) is 11.1. The van der Waals surface area contributed by atoms with E-state index in [4.69, 9.17) is 14.5 Å². The van der Waals surface area contributed by atoms with Crippen molar-refractivity contribution in [3.05, 3.63) is 35.5 Å². The maximum Gasteiger partial charge on any atom is 0.410 e. The zero-order valence-corrected chi connectivity index (χ0v) is 20.6. The number of benzene rings is 1. The second kappa shape index (κ2) is 8.46. The molecule has 2 bridgehead atoms. The van der Waals surface area contributed by atoms with Gasteiger partial charge in [-0.2, -0.15) is 0 Å². The number of rotatable bonds is 4. The summed E-state index contributed by atoms with van der Waals surface area (Å²) in [6.07, 6.45) is 3.59. The molecule has 4 aliphatic heterocycles. The van der Waals surface area contributed by atoms with Gasteiger partial charge in [-0.25, -0.2) is 4.79 Å². The maximum absolute atomic E-state index is 12.4. The molecular formula is C27H37N3O3. The lowest BCUT2D eigenvalue weighted by molar-refractivity contribution is -0.000902. The van der Waals surface area contributed by atoms with E-state index in [1.54, 1.807) is 12.0 Å². The van der Waals surface area contributed by atoms with Gasteiger partial charge < -0.3 is 14.4 Å². The summed E-state index contributed by atoms with van der Waals surface area (Å²) in [6.45, 7) is 11.8. The van der Waals surface area contributed by atoms with E-state index >= 15 is 0 Å². The highest BCUT2D eigenvalue weighted by molar-refractivity contribution is 5.84. The number of fused-ring (bicyclic) bond motifs is 4. The molecule has 5 heterocycles. The molecule has 2 aromatic rings. The van der Waals surface area contributed by atoms with Crippen molar-refractivity contribution >= 4 is 17.0 Å². The number of piperidine rings is 3. The minimum atomic E-state index is -0.472. The van der Waals surface area contributed by atoms with E-state index in [2.05, 4.69) is 30.0 Å². The number of hydrogen-bond acceptors (Lipinski definition) is 5. The minimum absolute atomic E-state index is 0.231. The molecule has 4 fully saturated rings. The van der Waals surface area contributed by atoms with Crippen molar-refractivity contribution in [2.45, 2.75) is 64.5 Å². The molecule has 6 rings (SSSR count). The fourth-order valence-corrected chi connectivity index (χ4v) is 5.93. The fraction of sp³-hybridized carbons (Fsp3) is 0.630. The number of likely N-dealkylation sites (tertiary alicyclic amines) is 1. The summed E-state index contributed by atoms with van der Waals surface area (Å²) in [7, 11) is 1.72. The van der Waals surface area contributed by atoms with Gasteiger partial charge in [0.2, 0.25) is 0 Å². The highest BCUT2D eigenvalue weighted by Crippen LogP contribution is 2.46. The minimum Gasteiger partial charge on any atom is -0.497 e. The first-order chi connectivity index (χ1) is 15.8. The topological polar surface area (TPSA) is 54.9 Å². The van der Waals surface area contributed by atoms with E-state index in [1.807, 2.05) is 26.8 Å². The number of aromatic nitrogens is 1. The van der Waals surface area contributed by atoms with Crippen LogP contribution in [0.1, 0.15) is 70.2 Å². The molecule has 6 heteroatoms. The number of nitrogens with zero attached hydrogens (tertiary/aromatic N) is 3. The van der Waals surface area contributed by atoms with Crippen LogP contribution in [0.3, 0.4) is 0 Å². The Morgan fingerprint density at radius 2 is 1.97 bits per heavy atom. The molecular weight excluding hydrogens is 414 g/mol. The van der Waals surface area contributed by atoms with E-state index < -0.39 is 5.60 Å². The monoisotopic (exact) mass is 451 g/mol. The van der Waals surface area contributed by atoms with Gasteiger partial charge >= 0.3 is 6.09 Å². The third-order valence-corrected chi connectivity index (χ3v) is 7.79. The molecule has 4 aliphatic rings. The number of carbonyl (C=O) groups is 1. The van der Waals surface area contributed by atoms with Crippen molar-refractivity contribution in [1.29, 1.82) is 0 Å². The molecule has 0 radical (unpaired) electrons. The Morgan fingerprint density at radius 3 is 2.61 bits per heavy atom. The van der Waals surface area contributed by atoms with Gasteiger partial charge in [-0.1, -0.05) is 13.3 Å². The van der Waals surface area contributed by atoms with Crippen molar-refractivity contribution in [2.75, 3.05) is 33.3 Å². The Bertz CT molecular complexity index is 1040. The zero-order chi connectivity index (χ0) is 23.3. The van der Waals surface area contributed by atoms with Crippen molar-refractivity contribution in [3.8, 4) is 5.75 Å². The van der Waals surface area contributed by atoms with Crippen LogP contribution in [0.5, 0.6) is 5.75 Å². The third-order valence-electron chi connectivity index (χ3n) is 7.79. The number of methoxy groups -OCH3 is 1. The van der Waals surface area contributed by atoms with Crippen LogP contribution in [0, 0.1) is 11.8 Å². The molecule has 178 valence electrons. The Hall–Kier alpha value is -2.34. The average molecular weight is 452 g/mol. The predicted molar refractivity (Wildman–Crippen MR) is 130 cm³/mol. The van der Waals surface area contributed by atoms with Gasteiger partial charge in [-0.05, 0) is 81.8 Å². The Kier molecular flexibility index (Phi) is 5.76. The Labute approximate surface area is 197 Å². The molecule has 0 spiro atoms. The number of carbonyl (C=O) groups excluding carboxylic acids is 1. The van der Waals surface area contributed by atoms with Crippen molar-refractivity contribution < 1.29 is 14.3 Å². The van der Waals surface area contributed by atoms with E-state index in [0.717, 1.165) is 28.8 Å². The SMILES string of the molecule is CC[C@H]1CN2CC[C@H]1C[C@H]2c1cc(C2CN(C(=O)OC(C)(C)C)C2)nc2ccc(OC)cc12. The lowest BCUT2D eigenvalue weighted by Gasteiger charge is -2.50. The van der Waals surface area contributed by atoms with Crippen LogP contribution in [0.4, 0.5) is 4.79 Å². The summed E-state index contributed by atoms with van der Waals surface area (Å²) >= 11 is 0. The van der Waals surface area contributed by atoms with Crippen LogP contribution in [0.2, 0.25) is 0 Å². The first kappa shape index (κ1) is 22.5. The van der Waals surface area contributed by atoms with Crippen LogP contribution >= 0.6 is 0 Å². The van der Waals surface area contributed by atoms with Gasteiger partial charge in [0.25, 0.3) is 0 Å². The summed E-state index contributed by atoms with van der Waals surface area (Å²) in [5, 5.41) is 1.20. The molecule has 1 unspecified atom stereocenters. The molecule has 1 aromatic carbocycles. The normalized spacial score (nSPS) is 27.5. The molecule has 4 atom stereocenters. The van der Waals surface area contributed by atoms with Crippen LogP contribution in [-0.4, -0.2) is 59.8 Å². The number of pyridine rings is 1. The standard InChI is InChI=1S/C27H37N3O3/c1-6-17-14-29-10-9-18(17)11-25(29)22-13-24(28-23-8-7-20(32-5)12-21(22)23)19-15-30(16-19)26(31)33-27(2,3)4/h7-8,12-13,17-19,25H,6,9-11,14-16H2,1-5H3/t17-,18-,25-/m0/s1. The zero-order valence-electron chi connectivity index (χ0n) is 20.6. The van der Waals surface area contributed by atoms with Crippen LogP contribution < -0.4 is 4.74 Å². The molecule has 0 saturated carbocycles. The van der Waals surface area contributed by atoms with Crippen molar-refractivity contribution in [2.24, 2.45) is 11.8 Å². The van der Waals surface area contributed by atoms with Gasteiger partial charge in [0.15, 0.2) is 0 Å². The Morgan fingerprint density at radius 1 is 1.18 bits per heavy atom. The Balaban J connectivity index is 1.44. The number of amides is 1. The number of ether oxygens (including phenoxy) is 2. The van der Waals surface area contributed by atoms with Crippen LogP contribution in [0.25, 0.3) is 10.9 Å². The van der Waals surface area contributed by atoms with Gasteiger partial charge in [-0.15, -0.1) is 0 Å². The molecule has 1 amide bonds. The summed E-state index contributed by atoms with van der Waals surface area (Å²) < 4.78 is 11.1. The van der Waals surface area contributed by atoms with Crippen LogP contribution in [0.15, 0.2) is 24.3 Å². The highest BCUT2D eigenvalue weighted by Gasteiger charge is 2.41.